The van der Waals surface area contributed by atoms with E-state index in [-0.39, 0.29) is 10.8 Å². The highest BCUT2D eigenvalue weighted by molar-refractivity contribution is 7.89. The van der Waals surface area contributed by atoms with Crippen LogP contribution in [0.4, 0.5) is 13.2 Å². The quantitative estimate of drug-likeness (QED) is 0.909. The van der Waals surface area contributed by atoms with Crippen molar-refractivity contribution >= 4 is 21.4 Å². The summed E-state index contributed by atoms with van der Waals surface area (Å²) in [5, 5.41) is 1.01. The summed E-state index contributed by atoms with van der Waals surface area (Å²) in [6.07, 6.45) is -4.17. The van der Waals surface area contributed by atoms with Crippen LogP contribution in [0.5, 0.6) is 0 Å². The van der Waals surface area contributed by atoms with Crippen LogP contribution in [-0.2, 0) is 16.2 Å². The van der Waals surface area contributed by atoms with Crippen molar-refractivity contribution < 1.29 is 21.6 Å². The molecule has 4 nitrogen and oxygen atoms in total. The number of nitrogens with one attached hydrogen (secondary N) is 1. The van der Waals surface area contributed by atoms with Crippen LogP contribution < -0.4 is 4.72 Å². The molecule has 104 valence electrons. The van der Waals surface area contributed by atoms with Crippen molar-refractivity contribution in [1.82, 2.24) is 9.71 Å². The van der Waals surface area contributed by atoms with Gasteiger partial charge in [0.25, 0.3) is 0 Å². The first-order chi connectivity index (χ1) is 8.19. The SMILES string of the molecule is CC[C@@H](NS(=O)(=O)CC)c1nc(C(F)(F)F)cs1. The Morgan fingerprint density at radius 3 is 2.44 bits per heavy atom. The number of thiazole rings is 1. The van der Waals surface area contributed by atoms with Gasteiger partial charge < -0.3 is 0 Å². The molecule has 0 bridgehead atoms. The van der Waals surface area contributed by atoms with E-state index in [0.29, 0.717) is 6.42 Å². The Labute approximate surface area is 107 Å². The van der Waals surface area contributed by atoms with Gasteiger partial charge in [-0.2, -0.15) is 13.2 Å². The molecule has 0 aliphatic heterocycles. The summed E-state index contributed by atoms with van der Waals surface area (Å²) in [6.45, 7) is 3.13. The topological polar surface area (TPSA) is 59.1 Å². The molecule has 0 aliphatic rings. The largest absolute Gasteiger partial charge is 0.434 e. The molecule has 1 N–H and O–H groups in total. The van der Waals surface area contributed by atoms with Gasteiger partial charge in [0.15, 0.2) is 5.69 Å². The van der Waals surface area contributed by atoms with E-state index in [1.54, 1.807) is 6.92 Å². The summed E-state index contributed by atoms with van der Waals surface area (Å²) in [5.41, 5.74) is -0.989. The van der Waals surface area contributed by atoms with Crippen LogP contribution in [0.1, 0.15) is 37.0 Å². The van der Waals surface area contributed by atoms with Gasteiger partial charge >= 0.3 is 6.18 Å². The van der Waals surface area contributed by atoms with Crippen LogP contribution in [0.2, 0.25) is 0 Å². The van der Waals surface area contributed by atoms with Crippen molar-refractivity contribution in [2.45, 2.75) is 32.5 Å². The predicted molar refractivity (Wildman–Crippen MR) is 62.7 cm³/mol. The smallest absolute Gasteiger partial charge is 0.235 e. The molecule has 1 rings (SSSR count). The van der Waals surface area contributed by atoms with E-state index in [0.717, 1.165) is 16.7 Å². The van der Waals surface area contributed by atoms with Gasteiger partial charge in [0.1, 0.15) is 5.01 Å². The first kappa shape index (κ1) is 15.4. The third kappa shape index (κ3) is 3.92. The highest BCUT2D eigenvalue weighted by Crippen LogP contribution is 2.32. The van der Waals surface area contributed by atoms with Crippen molar-refractivity contribution in [1.29, 1.82) is 0 Å². The number of aromatic nitrogens is 1. The molecule has 0 aliphatic carbocycles. The van der Waals surface area contributed by atoms with Gasteiger partial charge in [-0.3, -0.25) is 0 Å². The number of hydrogen-bond acceptors (Lipinski definition) is 4. The maximum atomic E-state index is 12.4. The minimum Gasteiger partial charge on any atom is -0.235 e. The van der Waals surface area contributed by atoms with E-state index in [4.69, 9.17) is 0 Å². The second kappa shape index (κ2) is 5.54. The number of nitrogens with zero attached hydrogens (tertiary/aromatic N) is 1. The second-order valence-electron chi connectivity index (χ2n) is 3.55. The molecule has 0 spiro atoms. The summed E-state index contributed by atoms with van der Waals surface area (Å²) in [5.74, 6) is -0.124. The first-order valence-electron chi connectivity index (χ1n) is 5.22. The van der Waals surface area contributed by atoms with E-state index in [2.05, 4.69) is 9.71 Å². The zero-order valence-corrected chi connectivity index (χ0v) is 11.4. The van der Waals surface area contributed by atoms with Crippen LogP contribution in [-0.4, -0.2) is 19.2 Å². The van der Waals surface area contributed by atoms with Gasteiger partial charge in [0.05, 0.1) is 11.8 Å². The van der Waals surface area contributed by atoms with Crippen LogP contribution >= 0.6 is 11.3 Å². The Morgan fingerprint density at radius 1 is 1.44 bits per heavy atom. The number of sulfonamides is 1. The van der Waals surface area contributed by atoms with Gasteiger partial charge in [0, 0.05) is 5.38 Å². The Morgan fingerprint density at radius 2 is 2.06 bits per heavy atom. The van der Waals surface area contributed by atoms with Gasteiger partial charge in [-0.25, -0.2) is 18.1 Å². The fraction of sp³-hybridized carbons (Fsp3) is 0.667. The Bertz CT molecular complexity index is 496. The number of alkyl halides is 3. The molecular formula is C9H13F3N2O2S2. The Kier molecular flexibility index (Phi) is 4.73. The molecule has 9 heteroatoms. The van der Waals surface area contributed by atoms with Crippen LogP contribution in [0.25, 0.3) is 0 Å². The average Bonchev–Trinajstić information content (AvgIpc) is 2.74. The van der Waals surface area contributed by atoms with Crippen molar-refractivity contribution in [2.75, 3.05) is 5.75 Å². The highest BCUT2D eigenvalue weighted by Gasteiger charge is 2.34. The molecule has 0 unspecified atom stereocenters. The zero-order chi connectivity index (χ0) is 14.0. The van der Waals surface area contributed by atoms with Gasteiger partial charge in [-0.1, -0.05) is 6.92 Å². The zero-order valence-electron chi connectivity index (χ0n) is 9.78. The molecule has 1 aromatic heterocycles. The molecule has 1 aromatic rings. The molecule has 0 saturated carbocycles. The lowest BCUT2D eigenvalue weighted by atomic mass is 10.2. The summed E-state index contributed by atoms with van der Waals surface area (Å²) in [7, 11) is -3.47. The Balaban J connectivity index is 2.94. The maximum Gasteiger partial charge on any atom is 0.434 e. The molecule has 0 aromatic carbocycles. The normalized spacial score (nSPS) is 14.7. The van der Waals surface area contributed by atoms with Gasteiger partial charge in [-0.15, -0.1) is 11.3 Å². The van der Waals surface area contributed by atoms with Crippen LogP contribution in [0, 0.1) is 0 Å². The van der Waals surface area contributed by atoms with E-state index in [1.807, 2.05) is 0 Å². The van der Waals surface area contributed by atoms with E-state index >= 15 is 0 Å². The number of halogens is 3. The summed E-state index contributed by atoms with van der Waals surface area (Å²) >= 11 is 0.802. The molecule has 0 fully saturated rings. The molecule has 0 amide bonds. The second-order valence-corrected chi connectivity index (χ2v) is 6.48. The third-order valence-electron chi connectivity index (χ3n) is 2.22. The van der Waals surface area contributed by atoms with Crippen molar-refractivity contribution in [3.05, 3.63) is 16.1 Å². The molecule has 1 heterocycles. The van der Waals surface area contributed by atoms with E-state index < -0.39 is 27.9 Å². The van der Waals surface area contributed by atoms with Crippen LogP contribution in [0.3, 0.4) is 0 Å². The lowest BCUT2D eigenvalue weighted by Crippen LogP contribution is -2.29. The van der Waals surface area contributed by atoms with Crippen molar-refractivity contribution in [3.8, 4) is 0 Å². The highest BCUT2D eigenvalue weighted by atomic mass is 32.2. The lowest BCUT2D eigenvalue weighted by Gasteiger charge is -2.13. The summed E-state index contributed by atoms with van der Waals surface area (Å²) in [6, 6.07) is -0.712. The lowest BCUT2D eigenvalue weighted by molar-refractivity contribution is -0.140. The average molecular weight is 302 g/mol. The van der Waals surface area contributed by atoms with Gasteiger partial charge in [0.2, 0.25) is 10.0 Å². The molecule has 0 radical (unpaired) electrons. The summed E-state index contributed by atoms with van der Waals surface area (Å²) in [4.78, 5) is 3.44. The minimum absolute atomic E-state index is 0.124. The Hall–Kier alpha value is -0.670. The fourth-order valence-corrected chi connectivity index (χ4v) is 3.10. The minimum atomic E-state index is -4.50. The van der Waals surface area contributed by atoms with Crippen molar-refractivity contribution in [2.24, 2.45) is 0 Å². The summed E-state index contributed by atoms with van der Waals surface area (Å²) < 4.78 is 62.2. The molecular weight excluding hydrogens is 289 g/mol. The molecule has 1 atom stereocenters. The monoisotopic (exact) mass is 302 g/mol. The third-order valence-corrected chi connectivity index (χ3v) is 4.58. The van der Waals surface area contributed by atoms with Crippen LogP contribution in [0.15, 0.2) is 5.38 Å². The standard InChI is InChI=1S/C9H13F3N2O2S2/c1-3-6(14-18(15,16)4-2)8-13-7(5-17-8)9(10,11)12/h5-6,14H,3-4H2,1-2H3/t6-/m1/s1. The van der Waals surface area contributed by atoms with Crippen molar-refractivity contribution in [3.63, 3.8) is 0 Å². The predicted octanol–water partition coefficient (Wildman–Crippen LogP) is 2.55. The number of hydrogen-bond donors (Lipinski definition) is 1. The molecule has 0 saturated heterocycles. The van der Waals surface area contributed by atoms with E-state index in [1.165, 1.54) is 6.92 Å². The first-order valence-corrected chi connectivity index (χ1v) is 7.75. The maximum absolute atomic E-state index is 12.4. The fourth-order valence-electron chi connectivity index (χ4n) is 1.19. The van der Waals surface area contributed by atoms with Gasteiger partial charge in [-0.05, 0) is 13.3 Å². The molecule has 18 heavy (non-hydrogen) atoms. The number of rotatable bonds is 5. The van der Waals surface area contributed by atoms with E-state index in [9.17, 15) is 21.6 Å².